The fourth-order valence-corrected chi connectivity index (χ4v) is 1.14. The second-order valence-electron chi connectivity index (χ2n) is 3.10. The average Bonchev–Trinajstić information content (AvgIpc) is 2.31. The zero-order valence-electron chi connectivity index (χ0n) is 8.79. The highest BCUT2D eigenvalue weighted by molar-refractivity contribution is 6.06. The van der Waals surface area contributed by atoms with E-state index in [2.05, 4.69) is 4.74 Å². The van der Waals surface area contributed by atoms with Crippen molar-refractivity contribution in [3.63, 3.8) is 0 Å². The van der Waals surface area contributed by atoms with E-state index in [1.165, 1.54) is 6.07 Å². The van der Waals surface area contributed by atoms with E-state index in [0.717, 1.165) is 7.11 Å². The van der Waals surface area contributed by atoms with E-state index < -0.39 is 40.9 Å². The number of esters is 1. The van der Waals surface area contributed by atoms with E-state index in [1.54, 1.807) is 0 Å². The van der Waals surface area contributed by atoms with Crippen LogP contribution < -0.4 is 0 Å². The van der Waals surface area contributed by atoms with Gasteiger partial charge in [0.15, 0.2) is 5.78 Å². The lowest BCUT2D eigenvalue weighted by molar-refractivity contribution is -0.139. The van der Waals surface area contributed by atoms with Crippen LogP contribution in [0.4, 0.5) is 8.78 Å². The van der Waals surface area contributed by atoms with Crippen LogP contribution >= 0.6 is 0 Å². The highest BCUT2D eigenvalue weighted by Crippen LogP contribution is 2.16. The van der Waals surface area contributed by atoms with Crippen LogP contribution in [0.5, 0.6) is 0 Å². The van der Waals surface area contributed by atoms with Crippen molar-refractivity contribution in [3.05, 3.63) is 34.9 Å². The second kappa shape index (κ2) is 5.16. The number of nitriles is 1. The van der Waals surface area contributed by atoms with Crippen molar-refractivity contribution in [1.82, 2.24) is 0 Å². The molecule has 17 heavy (non-hydrogen) atoms. The predicted octanol–water partition coefficient (Wildman–Crippen LogP) is 1.58. The van der Waals surface area contributed by atoms with Gasteiger partial charge in [-0.15, -0.1) is 0 Å². The van der Waals surface area contributed by atoms with Crippen molar-refractivity contribution in [2.24, 2.45) is 0 Å². The Hall–Kier alpha value is -2.29. The number of ketones is 1. The van der Waals surface area contributed by atoms with Crippen molar-refractivity contribution in [1.29, 1.82) is 5.26 Å². The average molecular weight is 239 g/mol. The van der Waals surface area contributed by atoms with Gasteiger partial charge in [-0.25, -0.2) is 8.78 Å². The van der Waals surface area contributed by atoms with Gasteiger partial charge in [-0.1, -0.05) is 0 Å². The summed E-state index contributed by atoms with van der Waals surface area (Å²) in [6.45, 7) is 0. The van der Waals surface area contributed by atoms with E-state index in [9.17, 15) is 18.4 Å². The molecule has 0 saturated carbocycles. The molecule has 0 aromatic heterocycles. The molecule has 0 N–H and O–H groups in total. The number of rotatable bonds is 3. The molecule has 0 amide bonds. The van der Waals surface area contributed by atoms with Gasteiger partial charge < -0.3 is 4.74 Å². The molecule has 0 spiro atoms. The normalized spacial score (nSPS) is 9.53. The van der Waals surface area contributed by atoms with Crippen molar-refractivity contribution in [3.8, 4) is 6.07 Å². The van der Waals surface area contributed by atoms with Gasteiger partial charge in [-0.3, -0.25) is 9.59 Å². The van der Waals surface area contributed by atoms with Crippen LogP contribution in [0.2, 0.25) is 0 Å². The quantitative estimate of drug-likeness (QED) is 0.456. The summed E-state index contributed by atoms with van der Waals surface area (Å²) in [4.78, 5) is 22.2. The third-order valence-corrected chi connectivity index (χ3v) is 2.01. The third-order valence-electron chi connectivity index (χ3n) is 2.01. The minimum Gasteiger partial charge on any atom is -0.469 e. The molecule has 0 atom stereocenters. The summed E-state index contributed by atoms with van der Waals surface area (Å²) < 4.78 is 30.7. The summed E-state index contributed by atoms with van der Waals surface area (Å²) in [6, 6.07) is 2.64. The largest absolute Gasteiger partial charge is 0.469 e. The van der Waals surface area contributed by atoms with Gasteiger partial charge in [0.05, 0.1) is 18.2 Å². The van der Waals surface area contributed by atoms with Crippen LogP contribution in [0.3, 0.4) is 0 Å². The lowest BCUT2D eigenvalue weighted by Crippen LogP contribution is -2.11. The number of methoxy groups -OCH3 is 1. The topological polar surface area (TPSA) is 67.2 Å². The molecule has 0 bridgehead atoms. The highest BCUT2D eigenvalue weighted by atomic mass is 19.1. The summed E-state index contributed by atoms with van der Waals surface area (Å²) in [5.41, 5.74) is -1.08. The van der Waals surface area contributed by atoms with Crippen LogP contribution in [0, 0.1) is 23.0 Å². The van der Waals surface area contributed by atoms with Gasteiger partial charge in [-0.05, 0) is 12.1 Å². The van der Waals surface area contributed by atoms with Crippen molar-refractivity contribution >= 4 is 11.8 Å². The molecule has 1 aromatic rings. The lowest BCUT2D eigenvalue weighted by atomic mass is 10.0. The van der Waals surface area contributed by atoms with E-state index in [-0.39, 0.29) is 0 Å². The predicted molar refractivity (Wildman–Crippen MR) is 52.0 cm³/mol. The van der Waals surface area contributed by atoms with E-state index in [4.69, 9.17) is 5.26 Å². The van der Waals surface area contributed by atoms with Crippen LogP contribution in [0.1, 0.15) is 22.3 Å². The Labute approximate surface area is 95.4 Å². The van der Waals surface area contributed by atoms with Gasteiger partial charge >= 0.3 is 5.97 Å². The molecular weight excluding hydrogens is 232 g/mol. The number of hydrogen-bond donors (Lipinski definition) is 0. The van der Waals surface area contributed by atoms with Gasteiger partial charge in [-0.2, -0.15) is 5.26 Å². The molecule has 0 unspecified atom stereocenters. The maximum absolute atomic E-state index is 13.3. The number of carbonyl (C=O) groups is 2. The van der Waals surface area contributed by atoms with E-state index >= 15 is 0 Å². The number of Topliss-reactive ketones (excluding diaryl/α,β-unsaturated/α-hetero) is 1. The Balaban J connectivity index is 3.08. The molecule has 0 saturated heterocycles. The first-order chi connectivity index (χ1) is 7.99. The minimum absolute atomic E-state index is 0.503. The van der Waals surface area contributed by atoms with Gasteiger partial charge in [0.2, 0.25) is 0 Å². The van der Waals surface area contributed by atoms with E-state index in [1.807, 2.05) is 0 Å². The number of hydrogen-bond acceptors (Lipinski definition) is 4. The zero-order chi connectivity index (χ0) is 13.0. The number of ether oxygens (including phenoxy) is 1. The molecular formula is C11H7F2NO3. The van der Waals surface area contributed by atoms with Crippen molar-refractivity contribution in [2.45, 2.75) is 6.42 Å². The van der Waals surface area contributed by atoms with Crippen LogP contribution in [-0.2, 0) is 9.53 Å². The molecule has 4 nitrogen and oxygen atoms in total. The summed E-state index contributed by atoms with van der Waals surface area (Å²) in [6.07, 6.45) is -0.682. The fourth-order valence-electron chi connectivity index (χ4n) is 1.14. The molecule has 0 aliphatic carbocycles. The summed E-state index contributed by atoms with van der Waals surface area (Å²) >= 11 is 0. The van der Waals surface area contributed by atoms with Crippen molar-refractivity contribution < 1.29 is 23.1 Å². The molecule has 1 aromatic carbocycles. The zero-order valence-corrected chi connectivity index (χ0v) is 8.79. The molecule has 1 rings (SSSR count). The Morgan fingerprint density at radius 2 is 2.00 bits per heavy atom. The monoisotopic (exact) mass is 239 g/mol. The van der Waals surface area contributed by atoms with Gasteiger partial charge in [0.1, 0.15) is 24.1 Å². The summed E-state index contributed by atoms with van der Waals surface area (Å²) in [5.74, 6) is -3.81. The first kappa shape index (κ1) is 12.8. The maximum Gasteiger partial charge on any atom is 0.313 e. The molecule has 6 heteroatoms. The Kier molecular flexibility index (Phi) is 3.88. The number of halogens is 2. The minimum atomic E-state index is -1.04. The number of nitrogens with zero attached hydrogens (tertiary/aromatic N) is 1. The fraction of sp³-hybridized carbons (Fsp3) is 0.182. The molecule has 0 heterocycles. The SMILES string of the molecule is COC(=O)CC(=O)c1cc(F)c(C#N)cc1F. The molecule has 0 aliphatic rings. The molecule has 88 valence electrons. The van der Waals surface area contributed by atoms with E-state index in [0.29, 0.717) is 12.1 Å². The third kappa shape index (κ3) is 2.84. The molecule has 0 radical (unpaired) electrons. The van der Waals surface area contributed by atoms with Crippen LogP contribution in [0.25, 0.3) is 0 Å². The standard InChI is InChI=1S/C11H7F2NO3/c1-17-11(16)4-10(15)7-3-8(12)6(5-14)2-9(7)13/h2-3H,4H2,1H3. The molecule has 0 aliphatic heterocycles. The Morgan fingerprint density at radius 1 is 1.35 bits per heavy atom. The first-order valence-electron chi connectivity index (χ1n) is 4.48. The summed E-state index contributed by atoms with van der Waals surface area (Å²) in [5, 5.41) is 8.44. The smallest absolute Gasteiger partial charge is 0.313 e. The summed E-state index contributed by atoms with van der Waals surface area (Å²) in [7, 11) is 1.07. The lowest BCUT2D eigenvalue weighted by Gasteiger charge is -2.03. The number of carbonyl (C=O) groups excluding carboxylic acids is 2. The van der Waals surface area contributed by atoms with Crippen molar-refractivity contribution in [2.75, 3.05) is 7.11 Å². The Morgan fingerprint density at radius 3 is 2.53 bits per heavy atom. The maximum atomic E-state index is 13.3. The van der Waals surface area contributed by atoms with Crippen LogP contribution in [0.15, 0.2) is 12.1 Å². The first-order valence-corrected chi connectivity index (χ1v) is 4.48. The second-order valence-corrected chi connectivity index (χ2v) is 3.10. The highest BCUT2D eigenvalue weighted by Gasteiger charge is 2.18. The van der Waals surface area contributed by atoms with Crippen LogP contribution in [-0.4, -0.2) is 18.9 Å². The molecule has 0 fully saturated rings. The number of benzene rings is 1. The van der Waals surface area contributed by atoms with Gasteiger partial charge in [0.25, 0.3) is 0 Å². The van der Waals surface area contributed by atoms with Gasteiger partial charge in [0, 0.05) is 0 Å². The Bertz CT molecular complexity index is 520.